The van der Waals surface area contributed by atoms with Crippen LogP contribution in [0, 0.1) is 0 Å². The molecular weight excluding hydrogens is 354 g/mol. The molecule has 1 heterocycles. The van der Waals surface area contributed by atoms with Crippen molar-refractivity contribution in [3.63, 3.8) is 0 Å². The lowest BCUT2D eigenvalue weighted by Crippen LogP contribution is -2.42. The minimum absolute atomic E-state index is 0.116. The van der Waals surface area contributed by atoms with Crippen LogP contribution in [0.3, 0.4) is 0 Å². The molecule has 4 nitrogen and oxygen atoms in total. The van der Waals surface area contributed by atoms with E-state index in [0.717, 1.165) is 16.5 Å². The zero-order valence-electron chi connectivity index (χ0n) is 12.1. The van der Waals surface area contributed by atoms with E-state index in [9.17, 15) is 13.2 Å². The average Bonchev–Trinajstić information content (AvgIpc) is 2.45. The maximum absolute atomic E-state index is 12.2. The van der Waals surface area contributed by atoms with Crippen LogP contribution in [0.15, 0.2) is 28.7 Å². The number of likely N-dealkylation sites (tertiary alicyclic amines) is 1. The van der Waals surface area contributed by atoms with E-state index in [2.05, 4.69) is 15.9 Å². The maximum Gasteiger partial charge on any atom is 0.222 e. The standard InChI is InChI=1S/C15H20BrNO3S/c1-21(19,20)14-8-10-17(11-9-14)15(18)7-4-12-2-5-13(16)6-3-12/h2-3,5-6,14H,4,7-11H2,1H3. The Morgan fingerprint density at radius 2 is 1.81 bits per heavy atom. The number of rotatable bonds is 4. The van der Waals surface area contributed by atoms with Gasteiger partial charge in [0.1, 0.15) is 9.84 Å². The van der Waals surface area contributed by atoms with Gasteiger partial charge in [0.15, 0.2) is 0 Å². The van der Waals surface area contributed by atoms with Crippen molar-refractivity contribution in [1.82, 2.24) is 4.90 Å². The Balaban J connectivity index is 1.81. The largest absolute Gasteiger partial charge is 0.343 e. The van der Waals surface area contributed by atoms with Gasteiger partial charge in [-0.1, -0.05) is 28.1 Å². The van der Waals surface area contributed by atoms with Gasteiger partial charge in [0, 0.05) is 30.2 Å². The van der Waals surface area contributed by atoms with Gasteiger partial charge in [0.25, 0.3) is 0 Å². The van der Waals surface area contributed by atoms with Gasteiger partial charge in [-0.15, -0.1) is 0 Å². The summed E-state index contributed by atoms with van der Waals surface area (Å²) in [6, 6.07) is 7.95. The van der Waals surface area contributed by atoms with E-state index in [1.807, 2.05) is 24.3 Å². The number of amides is 1. The average molecular weight is 374 g/mol. The fourth-order valence-electron chi connectivity index (χ4n) is 2.59. The third-order valence-electron chi connectivity index (χ3n) is 3.94. The lowest BCUT2D eigenvalue weighted by atomic mass is 10.1. The van der Waals surface area contributed by atoms with Crippen molar-refractivity contribution in [1.29, 1.82) is 0 Å². The Hall–Kier alpha value is -0.880. The summed E-state index contributed by atoms with van der Waals surface area (Å²) in [7, 11) is -2.98. The molecule has 1 saturated heterocycles. The maximum atomic E-state index is 12.2. The van der Waals surface area contributed by atoms with E-state index in [1.165, 1.54) is 6.26 Å². The molecule has 0 spiro atoms. The molecule has 0 N–H and O–H groups in total. The molecule has 0 saturated carbocycles. The van der Waals surface area contributed by atoms with Crippen LogP contribution in [0.2, 0.25) is 0 Å². The molecule has 1 fully saturated rings. The molecule has 1 amide bonds. The number of nitrogens with zero attached hydrogens (tertiary/aromatic N) is 1. The van der Waals surface area contributed by atoms with Crippen molar-refractivity contribution in [2.75, 3.05) is 19.3 Å². The van der Waals surface area contributed by atoms with Crippen LogP contribution in [-0.4, -0.2) is 43.8 Å². The first-order chi connectivity index (χ1) is 9.86. The van der Waals surface area contributed by atoms with Crippen LogP contribution in [0.5, 0.6) is 0 Å². The number of halogens is 1. The fraction of sp³-hybridized carbons (Fsp3) is 0.533. The minimum Gasteiger partial charge on any atom is -0.343 e. The van der Waals surface area contributed by atoms with E-state index in [0.29, 0.717) is 32.4 Å². The van der Waals surface area contributed by atoms with Gasteiger partial charge >= 0.3 is 0 Å². The van der Waals surface area contributed by atoms with Gasteiger partial charge in [-0.2, -0.15) is 0 Å². The van der Waals surface area contributed by atoms with Crippen molar-refractivity contribution in [3.05, 3.63) is 34.3 Å². The van der Waals surface area contributed by atoms with Crippen LogP contribution in [0.25, 0.3) is 0 Å². The Morgan fingerprint density at radius 3 is 2.33 bits per heavy atom. The molecule has 1 aliphatic rings. The van der Waals surface area contributed by atoms with E-state index in [4.69, 9.17) is 0 Å². The van der Waals surface area contributed by atoms with Crippen molar-refractivity contribution in [2.45, 2.75) is 30.9 Å². The quantitative estimate of drug-likeness (QED) is 0.814. The number of sulfone groups is 1. The second-order valence-electron chi connectivity index (χ2n) is 5.54. The normalized spacial score (nSPS) is 17.0. The number of carbonyl (C=O) groups is 1. The summed E-state index contributed by atoms with van der Waals surface area (Å²) in [4.78, 5) is 14.0. The Morgan fingerprint density at radius 1 is 1.24 bits per heavy atom. The Kier molecular flexibility index (Phi) is 5.43. The van der Waals surface area contributed by atoms with Crippen LogP contribution < -0.4 is 0 Å². The highest BCUT2D eigenvalue weighted by Crippen LogP contribution is 2.18. The second kappa shape index (κ2) is 6.92. The third kappa shape index (κ3) is 4.81. The molecule has 0 aromatic heterocycles. The van der Waals surface area contributed by atoms with Gasteiger partial charge in [-0.3, -0.25) is 4.79 Å². The molecule has 1 aromatic rings. The number of benzene rings is 1. The number of piperidine rings is 1. The molecule has 21 heavy (non-hydrogen) atoms. The highest BCUT2D eigenvalue weighted by molar-refractivity contribution is 9.10. The molecule has 0 atom stereocenters. The summed E-state index contributed by atoms with van der Waals surface area (Å²) in [6.45, 7) is 1.10. The molecule has 0 aliphatic carbocycles. The molecule has 116 valence electrons. The molecule has 0 unspecified atom stereocenters. The molecule has 0 radical (unpaired) electrons. The number of hydrogen-bond acceptors (Lipinski definition) is 3. The molecule has 0 bridgehead atoms. The SMILES string of the molecule is CS(=O)(=O)C1CCN(C(=O)CCc2ccc(Br)cc2)CC1. The van der Waals surface area contributed by atoms with E-state index in [1.54, 1.807) is 4.90 Å². The highest BCUT2D eigenvalue weighted by Gasteiger charge is 2.28. The zero-order chi connectivity index (χ0) is 15.5. The lowest BCUT2D eigenvalue weighted by molar-refractivity contribution is -0.132. The fourth-order valence-corrected chi connectivity index (χ4v) is 3.93. The molecule has 2 rings (SSSR count). The van der Waals surface area contributed by atoms with Crippen LogP contribution in [0.1, 0.15) is 24.8 Å². The lowest BCUT2D eigenvalue weighted by Gasteiger charge is -2.31. The predicted octanol–water partition coefficient (Wildman–Crippen LogP) is 2.42. The first-order valence-electron chi connectivity index (χ1n) is 7.07. The number of hydrogen-bond donors (Lipinski definition) is 0. The Bertz CT molecular complexity index is 590. The van der Waals surface area contributed by atoms with Gasteiger partial charge in [-0.25, -0.2) is 8.42 Å². The summed E-state index contributed by atoms with van der Waals surface area (Å²) in [5, 5.41) is -0.284. The highest BCUT2D eigenvalue weighted by atomic mass is 79.9. The van der Waals surface area contributed by atoms with E-state index < -0.39 is 9.84 Å². The smallest absolute Gasteiger partial charge is 0.222 e. The van der Waals surface area contributed by atoms with Crippen molar-refractivity contribution in [2.24, 2.45) is 0 Å². The first-order valence-corrected chi connectivity index (χ1v) is 9.82. The Labute approximate surface area is 134 Å². The van der Waals surface area contributed by atoms with Crippen LogP contribution in [-0.2, 0) is 21.1 Å². The third-order valence-corrected chi connectivity index (χ3v) is 6.15. The van der Waals surface area contributed by atoms with Crippen molar-refractivity contribution >= 4 is 31.7 Å². The summed E-state index contributed by atoms with van der Waals surface area (Å²) in [5.41, 5.74) is 1.14. The molecule has 1 aliphatic heterocycles. The predicted molar refractivity (Wildman–Crippen MR) is 86.9 cm³/mol. The zero-order valence-corrected chi connectivity index (χ0v) is 14.5. The van der Waals surface area contributed by atoms with E-state index in [-0.39, 0.29) is 11.2 Å². The van der Waals surface area contributed by atoms with Gasteiger partial charge in [0.05, 0.1) is 5.25 Å². The van der Waals surface area contributed by atoms with Crippen LogP contribution in [0.4, 0.5) is 0 Å². The summed E-state index contributed by atoms with van der Waals surface area (Å²) in [5.74, 6) is 0.116. The number of carbonyl (C=O) groups excluding carboxylic acids is 1. The topological polar surface area (TPSA) is 54.5 Å². The van der Waals surface area contributed by atoms with E-state index >= 15 is 0 Å². The molecule has 6 heteroatoms. The van der Waals surface area contributed by atoms with Gasteiger partial charge in [0.2, 0.25) is 5.91 Å². The number of aryl methyl sites for hydroxylation is 1. The van der Waals surface area contributed by atoms with Gasteiger partial charge < -0.3 is 4.90 Å². The van der Waals surface area contributed by atoms with Crippen LogP contribution >= 0.6 is 15.9 Å². The monoisotopic (exact) mass is 373 g/mol. The first kappa shape index (κ1) is 16.5. The molecular formula is C15H20BrNO3S. The summed E-state index contributed by atoms with van der Waals surface area (Å²) >= 11 is 3.39. The minimum atomic E-state index is -2.98. The van der Waals surface area contributed by atoms with Crippen molar-refractivity contribution < 1.29 is 13.2 Å². The molecule has 1 aromatic carbocycles. The van der Waals surface area contributed by atoms with Gasteiger partial charge in [-0.05, 0) is 37.0 Å². The summed E-state index contributed by atoms with van der Waals surface area (Å²) < 4.78 is 24.0. The summed E-state index contributed by atoms with van der Waals surface area (Å²) in [6.07, 6.45) is 3.59. The second-order valence-corrected chi connectivity index (χ2v) is 8.78. The van der Waals surface area contributed by atoms with Crippen molar-refractivity contribution in [3.8, 4) is 0 Å².